The molecule has 2 nitrogen and oxygen atoms in total. The van der Waals surface area contributed by atoms with E-state index in [1.807, 2.05) is 18.9 Å². The van der Waals surface area contributed by atoms with Crippen LogP contribution in [0.1, 0.15) is 24.1 Å². The fraction of sp³-hybridized carbons (Fsp3) is 0.500. The predicted octanol–water partition coefficient (Wildman–Crippen LogP) is 2.66. The van der Waals surface area contributed by atoms with Crippen LogP contribution in [0.5, 0.6) is 0 Å². The van der Waals surface area contributed by atoms with Crippen molar-refractivity contribution in [2.24, 2.45) is 5.73 Å². The van der Waals surface area contributed by atoms with Gasteiger partial charge in [-0.15, -0.1) is 0 Å². The van der Waals surface area contributed by atoms with E-state index in [2.05, 4.69) is 0 Å². The van der Waals surface area contributed by atoms with Crippen molar-refractivity contribution in [3.05, 3.63) is 35.4 Å². The van der Waals surface area contributed by atoms with Gasteiger partial charge < -0.3 is 10.6 Å². The molecule has 1 aromatic carbocycles. The maximum absolute atomic E-state index is 12.5. The topological polar surface area (TPSA) is 29.3 Å². The number of likely N-dealkylation sites (N-methyl/N-ethyl adjacent to an activating group) is 1. The van der Waals surface area contributed by atoms with Crippen LogP contribution in [0.3, 0.4) is 0 Å². The van der Waals surface area contributed by atoms with E-state index in [0.29, 0.717) is 12.1 Å². The van der Waals surface area contributed by atoms with Crippen LogP contribution in [0.4, 0.5) is 13.2 Å². The molecule has 0 radical (unpaired) electrons. The third kappa shape index (κ3) is 4.02. The normalized spacial score (nSPS) is 14.1. The summed E-state index contributed by atoms with van der Waals surface area (Å²) in [5.74, 6) is 0. The lowest BCUT2D eigenvalue weighted by Crippen LogP contribution is -2.29. The number of nitrogens with two attached hydrogens (primary N) is 1. The standard InChI is InChI=1S/C12H17F3N2/c1-3-17(2)8-11(16)9-5-4-6-10(7-9)12(13,14)15/h4-7,11H,3,8,16H2,1-2H3. The lowest BCUT2D eigenvalue weighted by molar-refractivity contribution is -0.137. The molecule has 0 aliphatic carbocycles. The van der Waals surface area contributed by atoms with Crippen LogP contribution in [0.2, 0.25) is 0 Å². The third-order valence-electron chi connectivity index (χ3n) is 2.69. The van der Waals surface area contributed by atoms with Crippen LogP contribution >= 0.6 is 0 Å². The first kappa shape index (κ1) is 14.0. The Labute approximate surface area is 99.2 Å². The van der Waals surface area contributed by atoms with Crippen LogP contribution < -0.4 is 5.73 Å². The molecule has 0 aliphatic rings. The van der Waals surface area contributed by atoms with Crippen LogP contribution in [0.15, 0.2) is 24.3 Å². The zero-order chi connectivity index (χ0) is 13.1. The van der Waals surface area contributed by atoms with Gasteiger partial charge in [0.25, 0.3) is 0 Å². The van der Waals surface area contributed by atoms with Crippen LogP contribution in [0.25, 0.3) is 0 Å². The summed E-state index contributed by atoms with van der Waals surface area (Å²) in [5.41, 5.74) is 5.74. The summed E-state index contributed by atoms with van der Waals surface area (Å²) >= 11 is 0. The van der Waals surface area contributed by atoms with Gasteiger partial charge in [0.1, 0.15) is 0 Å². The Hall–Kier alpha value is -1.07. The molecule has 0 saturated heterocycles. The molecule has 0 spiro atoms. The SMILES string of the molecule is CCN(C)CC(N)c1cccc(C(F)(F)F)c1. The molecule has 96 valence electrons. The number of alkyl halides is 3. The molecule has 5 heteroatoms. The highest BCUT2D eigenvalue weighted by Crippen LogP contribution is 2.30. The van der Waals surface area contributed by atoms with E-state index in [0.717, 1.165) is 18.7 Å². The molecule has 2 N–H and O–H groups in total. The Kier molecular flexibility index (Phi) is 4.54. The predicted molar refractivity (Wildman–Crippen MR) is 61.5 cm³/mol. The number of hydrogen-bond donors (Lipinski definition) is 1. The highest BCUT2D eigenvalue weighted by Gasteiger charge is 2.30. The van der Waals surface area contributed by atoms with Gasteiger partial charge in [-0.05, 0) is 31.3 Å². The molecular formula is C12H17F3N2. The molecular weight excluding hydrogens is 229 g/mol. The Morgan fingerprint density at radius 3 is 2.53 bits per heavy atom. The van der Waals surface area contributed by atoms with Crippen LogP contribution in [-0.4, -0.2) is 25.0 Å². The van der Waals surface area contributed by atoms with Crippen molar-refractivity contribution >= 4 is 0 Å². The average Bonchev–Trinajstić information content (AvgIpc) is 2.28. The molecule has 0 fully saturated rings. The van der Waals surface area contributed by atoms with E-state index in [4.69, 9.17) is 5.73 Å². The molecule has 0 saturated carbocycles. The second kappa shape index (κ2) is 5.51. The van der Waals surface area contributed by atoms with Gasteiger partial charge in [-0.2, -0.15) is 13.2 Å². The van der Waals surface area contributed by atoms with Crippen LogP contribution in [0, 0.1) is 0 Å². The van der Waals surface area contributed by atoms with Crippen molar-refractivity contribution in [3.63, 3.8) is 0 Å². The van der Waals surface area contributed by atoms with E-state index in [9.17, 15) is 13.2 Å². The minimum Gasteiger partial charge on any atom is -0.323 e. The zero-order valence-electron chi connectivity index (χ0n) is 9.96. The van der Waals surface area contributed by atoms with E-state index in [1.165, 1.54) is 6.07 Å². The summed E-state index contributed by atoms with van der Waals surface area (Å²) in [4.78, 5) is 1.96. The second-order valence-electron chi connectivity index (χ2n) is 4.08. The number of benzene rings is 1. The molecule has 0 bridgehead atoms. The quantitative estimate of drug-likeness (QED) is 0.885. The van der Waals surface area contributed by atoms with Crippen molar-refractivity contribution in [2.75, 3.05) is 20.1 Å². The molecule has 17 heavy (non-hydrogen) atoms. The molecule has 0 amide bonds. The van der Waals surface area contributed by atoms with Gasteiger partial charge in [0, 0.05) is 12.6 Å². The van der Waals surface area contributed by atoms with Gasteiger partial charge in [0.05, 0.1) is 5.56 Å². The smallest absolute Gasteiger partial charge is 0.323 e. The fourth-order valence-electron chi connectivity index (χ4n) is 1.52. The molecule has 1 aromatic rings. The molecule has 0 aromatic heterocycles. The van der Waals surface area contributed by atoms with E-state index in [-0.39, 0.29) is 0 Å². The summed E-state index contributed by atoms with van der Waals surface area (Å²) in [6.45, 7) is 3.32. The number of nitrogens with zero attached hydrogens (tertiary/aromatic N) is 1. The fourth-order valence-corrected chi connectivity index (χ4v) is 1.52. The lowest BCUT2D eigenvalue weighted by atomic mass is 10.0. The Morgan fingerprint density at radius 2 is 2.00 bits per heavy atom. The Bertz CT molecular complexity index is 363. The summed E-state index contributed by atoms with van der Waals surface area (Å²) in [5, 5.41) is 0. The number of rotatable bonds is 4. The first-order chi connectivity index (χ1) is 7.84. The Balaban J connectivity index is 2.84. The van der Waals surface area contributed by atoms with Gasteiger partial charge >= 0.3 is 6.18 Å². The minimum atomic E-state index is -4.31. The van der Waals surface area contributed by atoms with Crippen molar-refractivity contribution in [1.29, 1.82) is 0 Å². The van der Waals surface area contributed by atoms with Gasteiger partial charge in [0.15, 0.2) is 0 Å². The molecule has 0 heterocycles. The van der Waals surface area contributed by atoms with Gasteiger partial charge in [-0.1, -0.05) is 19.1 Å². The lowest BCUT2D eigenvalue weighted by Gasteiger charge is -2.20. The minimum absolute atomic E-state index is 0.401. The van der Waals surface area contributed by atoms with Gasteiger partial charge in [0.2, 0.25) is 0 Å². The zero-order valence-corrected chi connectivity index (χ0v) is 9.96. The van der Waals surface area contributed by atoms with Gasteiger partial charge in [-0.25, -0.2) is 0 Å². The van der Waals surface area contributed by atoms with E-state index >= 15 is 0 Å². The first-order valence-corrected chi connectivity index (χ1v) is 5.46. The van der Waals surface area contributed by atoms with Crippen molar-refractivity contribution in [1.82, 2.24) is 4.90 Å². The monoisotopic (exact) mass is 246 g/mol. The summed E-state index contributed by atoms with van der Waals surface area (Å²) in [6, 6.07) is 4.80. The number of halogens is 3. The summed E-state index contributed by atoms with van der Waals surface area (Å²) in [7, 11) is 1.88. The molecule has 0 aliphatic heterocycles. The second-order valence-corrected chi connectivity index (χ2v) is 4.08. The molecule has 1 unspecified atom stereocenters. The van der Waals surface area contributed by atoms with E-state index < -0.39 is 17.8 Å². The largest absolute Gasteiger partial charge is 0.416 e. The number of hydrogen-bond acceptors (Lipinski definition) is 2. The van der Waals surface area contributed by atoms with Gasteiger partial charge in [-0.3, -0.25) is 0 Å². The van der Waals surface area contributed by atoms with E-state index in [1.54, 1.807) is 6.07 Å². The maximum atomic E-state index is 12.5. The first-order valence-electron chi connectivity index (χ1n) is 5.46. The molecule has 1 rings (SSSR count). The summed E-state index contributed by atoms with van der Waals surface area (Å²) < 4.78 is 37.5. The Morgan fingerprint density at radius 1 is 1.35 bits per heavy atom. The van der Waals surface area contributed by atoms with Crippen molar-refractivity contribution in [3.8, 4) is 0 Å². The summed E-state index contributed by atoms with van der Waals surface area (Å²) in [6.07, 6.45) is -4.31. The highest BCUT2D eigenvalue weighted by atomic mass is 19.4. The highest BCUT2D eigenvalue weighted by molar-refractivity contribution is 5.28. The average molecular weight is 246 g/mol. The van der Waals surface area contributed by atoms with Crippen LogP contribution in [-0.2, 0) is 6.18 Å². The maximum Gasteiger partial charge on any atom is 0.416 e. The molecule has 1 atom stereocenters. The third-order valence-corrected chi connectivity index (χ3v) is 2.69. The van der Waals surface area contributed by atoms with Crippen molar-refractivity contribution < 1.29 is 13.2 Å². The van der Waals surface area contributed by atoms with Crippen molar-refractivity contribution in [2.45, 2.75) is 19.1 Å².